The molecule has 3 heterocycles. The highest BCUT2D eigenvalue weighted by Gasteiger charge is 2.35. The number of ether oxygens (including phenoxy) is 1. The third-order valence-corrected chi connectivity index (χ3v) is 5.49. The molecule has 2 atom stereocenters. The first kappa shape index (κ1) is 18.3. The van der Waals surface area contributed by atoms with E-state index in [1.165, 1.54) is 0 Å². The van der Waals surface area contributed by atoms with Crippen molar-refractivity contribution in [2.45, 2.75) is 25.0 Å². The van der Waals surface area contributed by atoms with Gasteiger partial charge in [0.15, 0.2) is 6.61 Å². The molecule has 0 bridgehead atoms. The van der Waals surface area contributed by atoms with Crippen LogP contribution >= 0.6 is 11.6 Å². The van der Waals surface area contributed by atoms with Crippen molar-refractivity contribution >= 4 is 17.5 Å². The lowest BCUT2D eigenvalue weighted by molar-refractivity contribution is -0.136. The highest BCUT2D eigenvalue weighted by Crippen LogP contribution is 2.32. The molecule has 2 aromatic rings. The van der Waals surface area contributed by atoms with Crippen LogP contribution in [0.15, 0.2) is 41.0 Å². The Labute approximate surface area is 163 Å². The number of aliphatic hydroxyl groups is 1. The van der Waals surface area contributed by atoms with Crippen LogP contribution in [0.1, 0.15) is 23.8 Å². The van der Waals surface area contributed by atoms with E-state index in [9.17, 15) is 9.90 Å². The number of furan rings is 1. The summed E-state index contributed by atoms with van der Waals surface area (Å²) in [7, 11) is 0. The zero-order valence-corrected chi connectivity index (χ0v) is 15.8. The normalized spacial score (nSPS) is 22.7. The Bertz CT molecular complexity index is 809. The fourth-order valence-corrected chi connectivity index (χ4v) is 4.08. The Morgan fingerprint density at radius 3 is 3.00 bits per heavy atom. The van der Waals surface area contributed by atoms with Crippen molar-refractivity contribution in [3.8, 4) is 5.75 Å². The molecule has 1 aromatic heterocycles. The summed E-state index contributed by atoms with van der Waals surface area (Å²) in [5, 5.41) is 10.4. The molecule has 0 aliphatic carbocycles. The van der Waals surface area contributed by atoms with E-state index in [1.54, 1.807) is 30.5 Å². The summed E-state index contributed by atoms with van der Waals surface area (Å²) >= 11 is 5.97. The standard InChI is InChI=1S/C20H23ClN2O4/c21-14-2-1-3-16(10-14)27-13-20(25)23-8-5-19-17(6-9-26-19)18(23)12-22-7-4-15(24)11-22/h1-3,6,9-10,15,18,24H,4-5,7-8,11-13H2. The molecule has 2 aliphatic rings. The average molecular weight is 391 g/mol. The maximum atomic E-state index is 12.9. The predicted molar refractivity (Wildman–Crippen MR) is 101 cm³/mol. The molecule has 27 heavy (non-hydrogen) atoms. The van der Waals surface area contributed by atoms with Gasteiger partial charge in [0.05, 0.1) is 18.4 Å². The largest absolute Gasteiger partial charge is 0.484 e. The van der Waals surface area contributed by atoms with Crippen LogP contribution in [0, 0.1) is 0 Å². The molecule has 7 heteroatoms. The molecule has 4 rings (SSSR count). The van der Waals surface area contributed by atoms with Crippen molar-refractivity contribution in [3.05, 3.63) is 52.9 Å². The maximum absolute atomic E-state index is 12.9. The number of nitrogens with zero attached hydrogens (tertiary/aromatic N) is 2. The maximum Gasteiger partial charge on any atom is 0.261 e. The Hall–Kier alpha value is -2.02. The molecule has 1 aromatic carbocycles. The van der Waals surface area contributed by atoms with Crippen LogP contribution in [0.4, 0.5) is 0 Å². The second-order valence-corrected chi connectivity index (χ2v) is 7.54. The molecule has 144 valence electrons. The summed E-state index contributed by atoms with van der Waals surface area (Å²) in [6, 6.07) is 8.90. The molecule has 1 fully saturated rings. The highest BCUT2D eigenvalue weighted by molar-refractivity contribution is 6.30. The van der Waals surface area contributed by atoms with Gasteiger partial charge in [-0.15, -0.1) is 0 Å². The second-order valence-electron chi connectivity index (χ2n) is 7.10. The molecular formula is C20H23ClN2O4. The molecule has 1 amide bonds. The quantitative estimate of drug-likeness (QED) is 0.849. The van der Waals surface area contributed by atoms with Crippen LogP contribution in [-0.2, 0) is 11.2 Å². The number of halogens is 1. The number of amides is 1. The smallest absolute Gasteiger partial charge is 0.261 e. The van der Waals surface area contributed by atoms with E-state index < -0.39 is 0 Å². The molecule has 0 saturated carbocycles. The van der Waals surface area contributed by atoms with Crippen molar-refractivity contribution in [2.75, 3.05) is 32.8 Å². The van der Waals surface area contributed by atoms with Gasteiger partial charge in [0.1, 0.15) is 11.5 Å². The van der Waals surface area contributed by atoms with Crippen molar-refractivity contribution in [3.63, 3.8) is 0 Å². The molecular weight excluding hydrogens is 368 g/mol. The van der Waals surface area contributed by atoms with Gasteiger partial charge in [-0.3, -0.25) is 9.69 Å². The summed E-state index contributed by atoms with van der Waals surface area (Å²) < 4.78 is 11.2. The van der Waals surface area contributed by atoms with Gasteiger partial charge in [0.25, 0.3) is 5.91 Å². The lowest BCUT2D eigenvalue weighted by Gasteiger charge is -2.37. The van der Waals surface area contributed by atoms with Gasteiger partial charge in [-0.2, -0.15) is 0 Å². The van der Waals surface area contributed by atoms with Gasteiger partial charge < -0.3 is 19.2 Å². The summed E-state index contributed by atoms with van der Waals surface area (Å²) in [4.78, 5) is 17.0. The fraction of sp³-hybridized carbons (Fsp3) is 0.450. The number of hydrogen-bond acceptors (Lipinski definition) is 5. The van der Waals surface area contributed by atoms with Crippen LogP contribution < -0.4 is 4.74 Å². The van der Waals surface area contributed by atoms with E-state index in [4.69, 9.17) is 20.8 Å². The lowest BCUT2D eigenvalue weighted by atomic mass is 9.98. The summed E-state index contributed by atoms with van der Waals surface area (Å²) in [6.45, 7) is 2.73. The molecule has 0 radical (unpaired) electrons. The van der Waals surface area contributed by atoms with Gasteiger partial charge in [-0.25, -0.2) is 0 Å². The van der Waals surface area contributed by atoms with Crippen LogP contribution in [0.5, 0.6) is 5.75 Å². The average Bonchev–Trinajstić information content (AvgIpc) is 3.29. The van der Waals surface area contributed by atoms with Crippen molar-refractivity contribution in [1.82, 2.24) is 9.80 Å². The Balaban J connectivity index is 1.46. The third-order valence-electron chi connectivity index (χ3n) is 5.25. The molecule has 1 N–H and O–H groups in total. The minimum Gasteiger partial charge on any atom is -0.484 e. The zero-order valence-electron chi connectivity index (χ0n) is 15.0. The van der Waals surface area contributed by atoms with Gasteiger partial charge >= 0.3 is 0 Å². The Kier molecular flexibility index (Phi) is 5.38. The number of benzene rings is 1. The SMILES string of the molecule is O=C(COc1cccc(Cl)c1)N1CCc2occc2C1CN1CCC(O)C1. The summed E-state index contributed by atoms with van der Waals surface area (Å²) in [6.07, 6.45) is 2.88. The van der Waals surface area contributed by atoms with Gasteiger partial charge in [-0.1, -0.05) is 17.7 Å². The van der Waals surface area contributed by atoms with E-state index >= 15 is 0 Å². The van der Waals surface area contributed by atoms with Gasteiger partial charge in [0, 0.05) is 43.2 Å². The van der Waals surface area contributed by atoms with Crippen LogP contribution in [-0.4, -0.2) is 59.7 Å². The number of rotatable bonds is 5. The number of carbonyl (C=O) groups is 1. The van der Waals surface area contributed by atoms with Crippen LogP contribution in [0.2, 0.25) is 5.02 Å². The second kappa shape index (κ2) is 7.92. The Morgan fingerprint density at radius 2 is 2.22 bits per heavy atom. The minimum atomic E-state index is -0.285. The highest BCUT2D eigenvalue weighted by atomic mass is 35.5. The molecule has 2 unspecified atom stereocenters. The molecule has 1 saturated heterocycles. The number of aliphatic hydroxyl groups excluding tert-OH is 1. The first-order valence-electron chi connectivity index (χ1n) is 9.24. The number of fused-ring (bicyclic) bond motifs is 1. The van der Waals surface area contributed by atoms with Crippen molar-refractivity contribution < 1.29 is 19.1 Å². The van der Waals surface area contributed by atoms with E-state index in [-0.39, 0.29) is 24.7 Å². The summed E-state index contributed by atoms with van der Waals surface area (Å²) in [5.41, 5.74) is 1.05. The van der Waals surface area contributed by atoms with Gasteiger partial charge in [0.2, 0.25) is 0 Å². The van der Waals surface area contributed by atoms with E-state index in [0.29, 0.717) is 36.8 Å². The summed E-state index contributed by atoms with van der Waals surface area (Å²) in [5.74, 6) is 1.46. The third kappa shape index (κ3) is 4.13. The zero-order chi connectivity index (χ0) is 18.8. The lowest BCUT2D eigenvalue weighted by Crippen LogP contribution is -2.46. The number of carbonyl (C=O) groups excluding carboxylic acids is 1. The molecule has 2 aliphatic heterocycles. The first-order chi connectivity index (χ1) is 13.1. The van der Waals surface area contributed by atoms with Gasteiger partial charge in [-0.05, 0) is 30.7 Å². The van der Waals surface area contributed by atoms with Crippen molar-refractivity contribution in [2.24, 2.45) is 0 Å². The van der Waals surface area contributed by atoms with Crippen LogP contribution in [0.3, 0.4) is 0 Å². The van der Waals surface area contributed by atoms with E-state index in [0.717, 1.165) is 24.3 Å². The number of β-amino-alcohol motifs (C(OH)–C–C–N with tert-alkyl or cyclic N) is 1. The minimum absolute atomic E-state index is 0.0351. The van der Waals surface area contributed by atoms with Crippen LogP contribution in [0.25, 0.3) is 0 Å². The van der Waals surface area contributed by atoms with Crippen molar-refractivity contribution in [1.29, 1.82) is 0 Å². The first-order valence-corrected chi connectivity index (χ1v) is 9.62. The number of likely N-dealkylation sites (tertiary alicyclic amines) is 1. The van der Waals surface area contributed by atoms with E-state index in [2.05, 4.69) is 4.90 Å². The monoisotopic (exact) mass is 390 g/mol. The Morgan fingerprint density at radius 1 is 1.33 bits per heavy atom. The molecule has 6 nitrogen and oxygen atoms in total. The number of hydrogen-bond donors (Lipinski definition) is 1. The molecule has 0 spiro atoms. The topological polar surface area (TPSA) is 66.2 Å². The van der Waals surface area contributed by atoms with E-state index in [1.807, 2.05) is 11.0 Å². The predicted octanol–water partition coefficient (Wildman–Crippen LogP) is 2.50. The fourth-order valence-electron chi connectivity index (χ4n) is 3.90.